The van der Waals surface area contributed by atoms with Gasteiger partial charge in [-0.3, -0.25) is 0 Å². The molecule has 0 aliphatic rings. The van der Waals surface area contributed by atoms with Gasteiger partial charge in [0, 0.05) is 0 Å². The third kappa shape index (κ3) is 2.17. The normalized spacial score (nSPS) is 18.8. The Bertz CT molecular complexity index is 227. The number of hydrogen-bond acceptors (Lipinski definition) is 2. The molecule has 1 heterocycles. The third-order valence-corrected chi connectivity index (χ3v) is 4.04. The van der Waals surface area contributed by atoms with Crippen molar-refractivity contribution in [3.05, 3.63) is 24.5 Å². The van der Waals surface area contributed by atoms with E-state index in [1.54, 1.807) is 19.5 Å². The quantitative estimate of drug-likeness (QED) is 0.711. The summed E-state index contributed by atoms with van der Waals surface area (Å²) in [7, 11) is 7.67. The monoisotopic (exact) mass is 222 g/mol. The van der Waals surface area contributed by atoms with Crippen LogP contribution in [-0.4, -0.2) is 12.1 Å². The van der Waals surface area contributed by atoms with Crippen molar-refractivity contribution in [2.45, 2.75) is 5.82 Å². The number of halogens is 1. The summed E-state index contributed by atoms with van der Waals surface area (Å²) in [6, 6.07) is 3.76. The molecule has 0 saturated carbocycles. The van der Waals surface area contributed by atoms with E-state index in [1.807, 2.05) is 18.0 Å². The van der Waals surface area contributed by atoms with Crippen LogP contribution in [0.25, 0.3) is 0 Å². The molecule has 0 N–H and O–H groups in total. The second-order valence-corrected chi connectivity index (χ2v) is 6.25. The van der Waals surface area contributed by atoms with Gasteiger partial charge in [0.25, 0.3) is 0 Å². The fraction of sp³-hybridized carbons (Fsp3) is 0.286. The average molecular weight is 223 g/mol. The van der Waals surface area contributed by atoms with Crippen molar-refractivity contribution in [2.75, 3.05) is 7.11 Å². The Labute approximate surface area is 73.3 Å². The summed E-state index contributed by atoms with van der Waals surface area (Å²) in [6.07, 6.45) is 3.44. The van der Waals surface area contributed by atoms with E-state index in [0.717, 1.165) is 4.46 Å². The van der Waals surface area contributed by atoms with E-state index in [2.05, 4.69) is 4.98 Å². The third-order valence-electron chi connectivity index (χ3n) is 1.14. The summed E-state index contributed by atoms with van der Waals surface area (Å²) in [5.74, 6) is 1.86. The molecule has 1 rings (SSSR count). The fourth-order valence-electron chi connectivity index (χ4n) is 0.559. The van der Waals surface area contributed by atoms with Crippen LogP contribution in [-0.2, 0) is 16.1 Å². The van der Waals surface area contributed by atoms with Crippen LogP contribution in [0.4, 0.5) is 0 Å². The van der Waals surface area contributed by atoms with Gasteiger partial charge in [-0.05, 0) is 0 Å². The first-order chi connectivity index (χ1) is 5.17. The maximum absolute atomic E-state index is 6.06. The zero-order valence-corrected chi connectivity index (χ0v) is 8.04. The van der Waals surface area contributed by atoms with Crippen LogP contribution in [0, 0.1) is 0 Å². The number of pyridine rings is 1. The van der Waals surface area contributed by atoms with Gasteiger partial charge >= 0.3 is 73.1 Å². The van der Waals surface area contributed by atoms with E-state index in [9.17, 15) is 0 Å². The molecule has 0 radical (unpaired) electrons. The van der Waals surface area contributed by atoms with Gasteiger partial charge in [0.15, 0.2) is 0 Å². The summed E-state index contributed by atoms with van der Waals surface area (Å²) in [5, 5.41) is 0. The number of rotatable bonds is 2. The standard InChI is InChI=1S/C5H4N.CH3O.CH3.ClH.Cu/c1-2-4-6-5-3-1;1-2;;;/h1-2,4-5H;1H3;1H3;1H;/q;-1;;;+2/p-1. The maximum atomic E-state index is 6.06. The minimum absolute atomic E-state index is 0.943. The zero-order valence-electron chi connectivity index (χ0n) is 6.34. The Morgan fingerprint density at radius 3 is 2.82 bits per heavy atom. The van der Waals surface area contributed by atoms with Crippen LogP contribution in [0.1, 0.15) is 0 Å². The van der Waals surface area contributed by atoms with Crippen LogP contribution in [0.2, 0.25) is 5.82 Å². The van der Waals surface area contributed by atoms with Gasteiger partial charge in [0.1, 0.15) is 0 Å². The van der Waals surface area contributed by atoms with Crippen LogP contribution in [0.3, 0.4) is 0 Å². The Balaban J connectivity index is 2.93. The molecule has 11 heavy (non-hydrogen) atoms. The Morgan fingerprint density at radius 2 is 2.36 bits per heavy atom. The molecular weight excluding hydrogens is 213 g/mol. The van der Waals surface area contributed by atoms with Crippen molar-refractivity contribution in [1.29, 1.82) is 0 Å². The summed E-state index contributed by atoms with van der Waals surface area (Å²) >= 11 is -1.54. The van der Waals surface area contributed by atoms with E-state index in [0.29, 0.717) is 0 Å². The number of hydrogen-bond donors (Lipinski definition) is 0. The van der Waals surface area contributed by atoms with Gasteiger partial charge in [0.2, 0.25) is 0 Å². The van der Waals surface area contributed by atoms with Gasteiger partial charge in [-0.1, -0.05) is 0 Å². The van der Waals surface area contributed by atoms with E-state index in [1.165, 1.54) is 0 Å². The SMILES string of the molecule is C[O][Cu]([CH3])([Cl])[c]1cccnc1. The van der Waals surface area contributed by atoms with Crippen molar-refractivity contribution < 1.29 is 16.1 Å². The molecule has 4 heteroatoms. The van der Waals surface area contributed by atoms with Gasteiger partial charge in [-0.25, -0.2) is 0 Å². The number of aromatic nitrogens is 1. The molecule has 0 fully saturated rings. The van der Waals surface area contributed by atoms with E-state index >= 15 is 0 Å². The molecule has 0 saturated heterocycles. The molecule has 0 spiro atoms. The molecule has 0 aliphatic heterocycles. The molecule has 1 atom stereocenters. The fourth-order valence-corrected chi connectivity index (χ4v) is 1.72. The van der Waals surface area contributed by atoms with Crippen LogP contribution < -0.4 is 4.46 Å². The zero-order chi connectivity index (χ0) is 8.32. The first-order valence-corrected chi connectivity index (χ1v) is 5.95. The molecule has 0 aromatic carbocycles. The molecule has 0 amide bonds. The number of nitrogens with zero attached hydrogens (tertiary/aromatic N) is 1. The van der Waals surface area contributed by atoms with Crippen LogP contribution >= 0.6 is 10.1 Å². The molecule has 1 aromatic rings. The summed E-state index contributed by atoms with van der Waals surface area (Å²) in [5.41, 5.74) is 0. The predicted octanol–water partition coefficient (Wildman–Crippen LogP) is 1.62. The van der Waals surface area contributed by atoms with E-state index in [4.69, 9.17) is 13.9 Å². The van der Waals surface area contributed by atoms with E-state index in [-0.39, 0.29) is 0 Å². The van der Waals surface area contributed by atoms with Crippen molar-refractivity contribution in [2.24, 2.45) is 0 Å². The molecule has 67 valence electrons. The van der Waals surface area contributed by atoms with E-state index < -0.39 is 12.3 Å². The molecule has 1 unspecified atom stereocenters. The Kier molecular flexibility index (Phi) is 2.90. The van der Waals surface area contributed by atoms with Gasteiger partial charge in [-0.15, -0.1) is 0 Å². The van der Waals surface area contributed by atoms with Gasteiger partial charge in [0.05, 0.1) is 0 Å². The second kappa shape index (κ2) is 3.55. The van der Waals surface area contributed by atoms with Gasteiger partial charge in [-0.2, -0.15) is 0 Å². The van der Waals surface area contributed by atoms with Crippen LogP contribution in [0.15, 0.2) is 24.5 Å². The van der Waals surface area contributed by atoms with Crippen molar-refractivity contribution in [1.82, 2.24) is 4.98 Å². The molecule has 2 nitrogen and oxygen atoms in total. The minimum atomic E-state index is -1.54. The Hall–Kier alpha value is -0.0805. The predicted molar refractivity (Wildman–Crippen MR) is 42.6 cm³/mol. The molecule has 0 aliphatic carbocycles. The molecular formula is C7H10ClCuNO. The topological polar surface area (TPSA) is 22.1 Å². The summed E-state index contributed by atoms with van der Waals surface area (Å²) in [4.78, 5) is 3.95. The molecule has 1 aromatic heterocycles. The Morgan fingerprint density at radius 1 is 1.64 bits per heavy atom. The molecule has 0 bridgehead atoms. The van der Waals surface area contributed by atoms with Crippen molar-refractivity contribution in [3.8, 4) is 0 Å². The first-order valence-electron chi connectivity index (χ1n) is 2.86. The first kappa shape index (κ1) is 9.01. The van der Waals surface area contributed by atoms with Crippen LogP contribution in [0.5, 0.6) is 0 Å². The second-order valence-electron chi connectivity index (χ2n) is 1.80. The van der Waals surface area contributed by atoms with Crippen molar-refractivity contribution >= 4 is 14.6 Å². The summed E-state index contributed by atoms with van der Waals surface area (Å²) in [6.45, 7) is 0. The average Bonchev–Trinajstić information content (AvgIpc) is 2.06. The van der Waals surface area contributed by atoms with Crippen molar-refractivity contribution in [3.63, 3.8) is 0 Å². The summed E-state index contributed by atoms with van der Waals surface area (Å²) < 4.78 is 6.07. The van der Waals surface area contributed by atoms with Gasteiger partial charge < -0.3 is 0 Å².